The van der Waals surface area contributed by atoms with Gasteiger partial charge in [-0.25, -0.2) is 0 Å². The molecule has 0 spiro atoms. The molecule has 2 heterocycles. The first-order valence-electron chi connectivity index (χ1n) is 8.38. The second kappa shape index (κ2) is 5.14. The van der Waals surface area contributed by atoms with Crippen LogP contribution in [-0.2, 0) is 0 Å². The number of nitrogens with one attached hydrogen (secondary N) is 1. The molecule has 1 N–H and O–H groups in total. The summed E-state index contributed by atoms with van der Waals surface area (Å²) < 4.78 is 5.61. The summed E-state index contributed by atoms with van der Waals surface area (Å²) in [4.78, 5) is 4.76. The molecular weight excluding hydrogens is 250 g/mol. The molecule has 0 aromatic carbocycles. The van der Waals surface area contributed by atoms with Crippen LogP contribution in [0.15, 0.2) is 4.52 Å². The zero-order valence-electron chi connectivity index (χ0n) is 12.3. The third-order valence-electron chi connectivity index (χ3n) is 5.85. The van der Waals surface area contributed by atoms with E-state index in [1.54, 1.807) is 0 Å². The molecule has 1 aromatic rings. The average Bonchev–Trinajstić information content (AvgIpc) is 3.15. The Kier molecular flexibility index (Phi) is 3.29. The summed E-state index contributed by atoms with van der Waals surface area (Å²) in [7, 11) is 0. The minimum Gasteiger partial charge on any atom is -0.338 e. The lowest BCUT2D eigenvalue weighted by molar-refractivity contribution is 0.294. The number of fused-ring (bicyclic) bond motifs is 1. The Bertz CT molecular complexity index is 464. The largest absolute Gasteiger partial charge is 0.338 e. The lowest BCUT2D eigenvalue weighted by Crippen LogP contribution is -2.18. The van der Waals surface area contributed by atoms with E-state index in [1.165, 1.54) is 44.9 Å². The fourth-order valence-corrected chi connectivity index (χ4v) is 4.52. The molecule has 1 aliphatic heterocycles. The van der Waals surface area contributed by atoms with Gasteiger partial charge in [0.05, 0.1) is 6.04 Å². The molecule has 4 rings (SSSR count). The lowest BCUT2D eigenvalue weighted by Gasteiger charge is -2.23. The predicted molar refractivity (Wildman–Crippen MR) is 76.2 cm³/mol. The maximum absolute atomic E-state index is 5.61. The summed E-state index contributed by atoms with van der Waals surface area (Å²) in [5.74, 6) is 4.79. The van der Waals surface area contributed by atoms with Crippen molar-refractivity contribution in [2.24, 2.45) is 17.8 Å². The second-order valence-corrected chi connectivity index (χ2v) is 7.19. The van der Waals surface area contributed by atoms with Gasteiger partial charge in [0.15, 0.2) is 5.82 Å². The van der Waals surface area contributed by atoms with Gasteiger partial charge in [-0.1, -0.05) is 31.3 Å². The van der Waals surface area contributed by atoms with Crippen LogP contribution in [0.4, 0.5) is 0 Å². The molecule has 3 aliphatic rings. The van der Waals surface area contributed by atoms with E-state index in [9.17, 15) is 0 Å². The van der Waals surface area contributed by atoms with Gasteiger partial charge in [0.25, 0.3) is 0 Å². The van der Waals surface area contributed by atoms with Crippen molar-refractivity contribution in [2.75, 3.05) is 6.54 Å². The van der Waals surface area contributed by atoms with Crippen LogP contribution in [0.25, 0.3) is 0 Å². The van der Waals surface area contributed by atoms with Gasteiger partial charge in [-0.2, -0.15) is 4.98 Å². The summed E-state index contributed by atoms with van der Waals surface area (Å²) in [6.07, 6.45) is 9.13. The van der Waals surface area contributed by atoms with Crippen molar-refractivity contribution in [1.29, 1.82) is 0 Å². The summed E-state index contributed by atoms with van der Waals surface area (Å²) in [5.41, 5.74) is 0. The summed E-state index contributed by atoms with van der Waals surface area (Å²) in [5, 5.41) is 7.90. The van der Waals surface area contributed by atoms with Gasteiger partial charge in [0.1, 0.15) is 0 Å². The van der Waals surface area contributed by atoms with Gasteiger partial charge in [-0.15, -0.1) is 0 Å². The van der Waals surface area contributed by atoms with Gasteiger partial charge in [0, 0.05) is 5.92 Å². The molecule has 3 unspecified atom stereocenters. The molecule has 110 valence electrons. The third kappa shape index (κ3) is 2.18. The van der Waals surface area contributed by atoms with E-state index in [1.807, 2.05) is 0 Å². The normalized spacial score (nSPS) is 41.0. The zero-order valence-corrected chi connectivity index (χ0v) is 12.3. The molecule has 0 bridgehead atoms. The Balaban J connectivity index is 1.48. The van der Waals surface area contributed by atoms with Crippen molar-refractivity contribution < 1.29 is 4.52 Å². The summed E-state index contributed by atoms with van der Waals surface area (Å²) in [6.45, 7) is 3.48. The number of aromatic nitrogens is 2. The average molecular weight is 275 g/mol. The standard InChI is InChI=1S/C16H25N3O/c1-10-5-7-11(8-6-10)15-18-16(20-19-15)14-13-4-2-3-12(13)9-17-14/h10-14,17H,2-9H2,1H3. The molecule has 1 saturated heterocycles. The van der Waals surface area contributed by atoms with Crippen LogP contribution in [0.2, 0.25) is 0 Å². The second-order valence-electron chi connectivity index (χ2n) is 7.19. The van der Waals surface area contributed by atoms with Gasteiger partial charge >= 0.3 is 0 Å². The van der Waals surface area contributed by atoms with E-state index in [0.29, 0.717) is 12.0 Å². The van der Waals surface area contributed by atoms with Gasteiger partial charge < -0.3 is 9.84 Å². The van der Waals surface area contributed by atoms with Crippen molar-refractivity contribution in [3.05, 3.63) is 11.7 Å². The quantitative estimate of drug-likeness (QED) is 0.898. The molecule has 4 nitrogen and oxygen atoms in total. The van der Waals surface area contributed by atoms with Gasteiger partial charge in [0.2, 0.25) is 5.89 Å². The van der Waals surface area contributed by atoms with Crippen molar-refractivity contribution >= 4 is 0 Å². The molecule has 2 saturated carbocycles. The van der Waals surface area contributed by atoms with Gasteiger partial charge in [-0.3, -0.25) is 0 Å². The fourth-order valence-electron chi connectivity index (χ4n) is 4.52. The SMILES string of the molecule is CC1CCC(c2noc(C3NCC4CCCC43)n2)CC1. The predicted octanol–water partition coefficient (Wildman–Crippen LogP) is 3.42. The van der Waals surface area contributed by atoms with Crippen LogP contribution in [0.3, 0.4) is 0 Å². The summed E-state index contributed by atoms with van der Waals surface area (Å²) in [6, 6.07) is 0.325. The Morgan fingerprint density at radius 1 is 1.10 bits per heavy atom. The van der Waals surface area contributed by atoms with Gasteiger partial charge in [-0.05, 0) is 50.0 Å². The molecule has 4 heteroatoms. The topological polar surface area (TPSA) is 51.0 Å². The zero-order chi connectivity index (χ0) is 13.5. The molecule has 3 atom stereocenters. The number of hydrogen-bond donors (Lipinski definition) is 1. The maximum atomic E-state index is 5.61. The Morgan fingerprint density at radius 2 is 1.95 bits per heavy atom. The Morgan fingerprint density at radius 3 is 2.80 bits per heavy atom. The highest BCUT2D eigenvalue weighted by Gasteiger charge is 2.42. The number of rotatable bonds is 2. The Labute approximate surface area is 120 Å². The lowest BCUT2D eigenvalue weighted by atomic mass is 9.83. The smallest absolute Gasteiger partial charge is 0.244 e. The molecule has 2 aliphatic carbocycles. The van der Waals surface area contributed by atoms with Crippen molar-refractivity contribution in [1.82, 2.24) is 15.5 Å². The third-order valence-corrected chi connectivity index (χ3v) is 5.85. The maximum Gasteiger partial charge on any atom is 0.244 e. The van der Waals surface area contributed by atoms with Crippen LogP contribution >= 0.6 is 0 Å². The Hall–Kier alpha value is -0.900. The molecule has 0 radical (unpaired) electrons. The summed E-state index contributed by atoms with van der Waals surface area (Å²) >= 11 is 0. The van der Waals surface area contributed by atoms with E-state index < -0.39 is 0 Å². The molecular formula is C16H25N3O. The van der Waals surface area contributed by atoms with E-state index in [0.717, 1.165) is 36.0 Å². The monoisotopic (exact) mass is 275 g/mol. The van der Waals surface area contributed by atoms with Crippen LogP contribution < -0.4 is 5.32 Å². The minimum atomic E-state index is 0.325. The van der Waals surface area contributed by atoms with E-state index in [2.05, 4.69) is 17.4 Å². The van der Waals surface area contributed by atoms with E-state index >= 15 is 0 Å². The molecule has 1 aromatic heterocycles. The number of nitrogens with zero attached hydrogens (tertiary/aromatic N) is 2. The highest BCUT2D eigenvalue weighted by Crippen LogP contribution is 2.44. The first-order valence-corrected chi connectivity index (χ1v) is 8.38. The first-order chi connectivity index (χ1) is 9.81. The number of hydrogen-bond acceptors (Lipinski definition) is 4. The van der Waals surface area contributed by atoms with Crippen molar-refractivity contribution in [2.45, 2.75) is 63.8 Å². The fraction of sp³-hybridized carbons (Fsp3) is 0.875. The molecule has 0 amide bonds. The van der Waals surface area contributed by atoms with E-state index in [4.69, 9.17) is 9.51 Å². The molecule has 3 fully saturated rings. The van der Waals surface area contributed by atoms with Crippen LogP contribution in [-0.4, -0.2) is 16.7 Å². The molecule has 20 heavy (non-hydrogen) atoms. The first kappa shape index (κ1) is 12.8. The van der Waals surface area contributed by atoms with Crippen molar-refractivity contribution in [3.63, 3.8) is 0 Å². The minimum absolute atomic E-state index is 0.325. The van der Waals surface area contributed by atoms with E-state index in [-0.39, 0.29) is 0 Å². The van der Waals surface area contributed by atoms with Crippen molar-refractivity contribution in [3.8, 4) is 0 Å². The highest BCUT2D eigenvalue weighted by molar-refractivity contribution is 5.06. The van der Waals surface area contributed by atoms with Crippen LogP contribution in [0.5, 0.6) is 0 Å². The highest BCUT2D eigenvalue weighted by atomic mass is 16.5. The van der Waals surface area contributed by atoms with Crippen LogP contribution in [0, 0.1) is 17.8 Å². The van der Waals surface area contributed by atoms with Crippen LogP contribution in [0.1, 0.15) is 75.5 Å².